The number of ether oxygens (including phenoxy) is 3. The summed E-state index contributed by atoms with van der Waals surface area (Å²) in [7, 11) is 3.32. The standard InChI is InChI=1S/C18H22N2O3/c1-12-6-14-7-16(21-2)15(8-17(14)23-12)11-19-9-13-4-5-18(22-3)20-10-13/h4-5,7-8,10,12,19H,6,9,11H2,1-3H3/t12-/m1/s1. The van der Waals surface area contributed by atoms with Gasteiger partial charge in [-0.25, -0.2) is 4.98 Å². The Morgan fingerprint density at radius 1 is 1.22 bits per heavy atom. The third-order valence-corrected chi connectivity index (χ3v) is 3.95. The molecule has 3 rings (SSSR count). The van der Waals surface area contributed by atoms with E-state index in [0.29, 0.717) is 12.4 Å². The van der Waals surface area contributed by atoms with Gasteiger partial charge in [0.2, 0.25) is 5.88 Å². The first-order valence-electron chi connectivity index (χ1n) is 7.75. The summed E-state index contributed by atoms with van der Waals surface area (Å²) in [4.78, 5) is 4.21. The van der Waals surface area contributed by atoms with Crippen LogP contribution < -0.4 is 19.5 Å². The molecular weight excluding hydrogens is 292 g/mol. The fourth-order valence-corrected chi connectivity index (χ4v) is 2.79. The highest BCUT2D eigenvalue weighted by Crippen LogP contribution is 2.34. The van der Waals surface area contributed by atoms with Crippen molar-refractivity contribution < 1.29 is 14.2 Å². The molecule has 0 fully saturated rings. The molecule has 0 radical (unpaired) electrons. The highest BCUT2D eigenvalue weighted by molar-refractivity contribution is 5.48. The largest absolute Gasteiger partial charge is 0.496 e. The second-order valence-corrected chi connectivity index (χ2v) is 5.72. The van der Waals surface area contributed by atoms with Gasteiger partial charge in [-0.2, -0.15) is 0 Å². The van der Waals surface area contributed by atoms with Gasteiger partial charge in [-0.15, -0.1) is 0 Å². The number of benzene rings is 1. The average molecular weight is 314 g/mol. The van der Waals surface area contributed by atoms with Crippen molar-refractivity contribution in [3.05, 3.63) is 47.2 Å². The molecule has 1 N–H and O–H groups in total. The Kier molecular flexibility index (Phi) is 4.67. The van der Waals surface area contributed by atoms with Crippen molar-refractivity contribution in [1.29, 1.82) is 0 Å². The lowest BCUT2D eigenvalue weighted by atomic mass is 10.1. The summed E-state index contributed by atoms with van der Waals surface area (Å²) < 4.78 is 16.4. The molecule has 0 saturated heterocycles. The van der Waals surface area contributed by atoms with Crippen LogP contribution in [0.15, 0.2) is 30.5 Å². The lowest BCUT2D eigenvalue weighted by Gasteiger charge is -2.12. The molecule has 2 aromatic rings. The molecule has 0 amide bonds. The molecule has 23 heavy (non-hydrogen) atoms. The smallest absolute Gasteiger partial charge is 0.212 e. The summed E-state index contributed by atoms with van der Waals surface area (Å²) in [5.74, 6) is 2.50. The number of aromatic nitrogens is 1. The minimum Gasteiger partial charge on any atom is -0.496 e. The van der Waals surface area contributed by atoms with Crippen molar-refractivity contribution in [3.63, 3.8) is 0 Å². The second-order valence-electron chi connectivity index (χ2n) is 5.72. The van der Waals surface area contributed by atoms with Crippen molar-refractivity contribution in [2.45, 2.75) is 32.5 Å². The molecular formula is C18H22N2O3. The van der Waals surface area contributed by atoms with Crippen molar-refractivity contribution in [2.24, 2.45) is 0 Å². The van der Waals surface area contributed by atoms with E-state index in [0.717, 1.165) is 35.6 Å². The molecule has 5 nitrogen and oxygen atoms in total. The molecule has 2 heterocycles. The first-order chi connectivity index (χ1) is 11.2. The second kappa shape index (κ2) is 6.87. The topological polar surface area (TPSA) is 52.6 Å². The normalized spacial score (nSPS) is 15.9. The number of hydrogen-bond acceptors (Lipinski definition) is 5. The first-order valence-corrected chi connectivity index (χ1v) is 7.75. The molecule has 0 aliphatic carbocycles. The van der Waals surface area contributed by atoms with Gasteiger partial charge >= 0.3 is 0 Å². The third-order valence-electron chi connectivity index (χ3n) is 3.95. The number of hydrogen-bond donors (Lipinski definition) is 1. The van der Waals surface area contributed by atoms with E-state index in [-0.39, 0.29) is 6.10 Å². The zero-order valence-corrected chi connectivity index (χ0v) is 13.8. The predicted octanol–water partition coefficient (Wildman–Crippen LogP) is 2.71. The Hall–Kier alpha value is -2.27. The van der Waals surface area contributed by atoms with E-state index in [1.807, 2.05) is 18.3 Å². The average Bonchev–Trinajstić information content (AvgIpc) is 2.93. The highest BCUT2D eigenvalue weighted by atomic mass is 16.5. The summed E-state index contributed by atoms with van der Waals surface area (Å²) in [6.07, 6.45) is 3.00. The summed E-state index contributed by atoms with van der Waals surface area (Å²) in [6, 6.07) is 8.04. The van der Waals surface area contributed by atoms with E-state index in [9.17, 15) is 0 Å². The molecule has 1 aromatic heterocycles. The van der Waals surface area contributed by atoms with Crippen LogP contribution in [0.25, 0.3) is 0 Å². The lowest BCUT2D eigenvalue weighted by molar-refractivity contribution is 0.254. The Labute approximate surface area is 136 Å². The van der Waals surface area contributed by atoms with Gasteiger partial charge < -0.3 is 19.5 Å². The molecule has 1 aliphatic rings. The number of nitrogens with one attached hydrogen (secondary N) is 1. The summed E-state index contributed by atoms with van der Waals surface area (Å²) in [6.45, 7) is 3.52. The molecule has 0 unspecified atom stereocenters. The molecule has 1 aromatic carbocycles. The van der Waals surface area contributed by atoms with Crippen LogP contribution in [0.4, 0.5) is 0 Å². The van der Waals surface area contributed by atoms with Crippen molar-refractivity contribution in [1.82, 2.24) is 10.3 Å². The van der Waals surface area contributed by atoms with Crippen LogP contribution in [0.1, 0.15) is 23.6 Å². The number of rotatable bonds is 6. The summed E-state index contributed by atoms with van der Waals surface area (Å²) in [5, 5.41) is 3.42. The first kappa shape index (κ1) is 15.6. The van der Waals surface area contributed by atoms with E-state index in [4.69, 9.17) is 14.2 Å². The summed E-state index contributed by atoms with van der Waals surface area (Å²) >= 11 is 0. The maximum atomic E-state index is 5.83. The number of methoxy groups -OCH3 is 2. The van der Waals surface area contributed by atoms with Crippen LogP contribution in [0.3, 0.4) is 0 Å². The zero-order chi connectivity index (χ0) is 16.2. The van der Waals surface area contributed by atoms with Gasteiger partial charge in [-0.1, -0.05) is 6.07 Å². The molecule has 5 heteroatoms. The van der Waals surface area contributed by atoms with Crippen LogP contribution in [0, 0.1) is 0 Å². The molecule has 1 atom stereocenters. The van der Waals surface area contributed by atoms with Gasteiger partial charge in [0.05, 0.1) is 14.2 Å². The van der Waals surface area contributed by atoms with Gasteiger partial charge in [-0.3, -0.25) is 0 Å². The van der Waals surface area contributed by atoms with Crippen molar-refractivity contribution in [3.8, 4) is 17.4 Å². The van der Waals surface area contributed by atoms with E-state index in [1.165, 1.54) is 5.56 Å². The Morgan fingerprint density at radius 3 is 2.78 bits per heavy atom. The summed E-state index contributed by atoms with van der Waals surface area (Å²) in [5.41, 5.74) is 3.43. The van der Waals surface area contributed by atoms with Crippen molar-refractivity contribution >= 4 is 0 Å². The van der Waals surface area contributed by atoms with E-state index >= 15 is 0 Å². The maximum absolute atomic E-state index is 5.83. The fraction of sp³-hybridized carbons (Fsp3) is 0.389. The van der Waals surface area contributed by atoms with E-state index in [2.05, 4.69) is 29.4 Å². The molecule has 1 aliphatic heterocycles. The molecule has 0 saturated carbocycles. The minimum atomic E-state index is 0.239. The fourth-order valence-electron chi connectivity index (χ4n) is 2.79. The van der Waals surface area contributed by atoms with Gasteiger partial charge in [-0.05, 0) is 24.6 Å². The third kappa shape index (κ3) is 3.56. The Balaban J connectivity index is 1.64. The Bertz CT molecular complexity index is 671. The molecule has 0 bridgehead atoms. The van der Waals surface area contributed by atoms with Crippen LogP contribution in [-0.2, 0) is 19.5 Å². The zero-order valence-electron chi connectivity index (χ0n) is 13.8. The van der Waals surface area contributed by atoms with Crippen LogP contribution in [0.2, 0.25) is 0 Å². The van der Waals surface area contributed by atoms with E-state index < -0.39 is 0 Å². The number of pyridine rings is 1. The minimum absolute atomic E-state index is 0.239. The Morgan fingerprint density at radius 2 is 2.09 bits per heavy atom. The monoisotopic (exact) mass is 314 g/mol. The number of nitrogens with zero attached hydrogens (tertiary/aromatic N) is 1. The van der Waals surface area contributed by atoms with Crippen LogP contribution >= 0.6 is 0 Å². The van der Waals surface area contributed by atoms with Crippen LogP contribution in [0.5, 0.6) is 17.4 Å². The molecule has 122 valence electrons. The molecule has 0 spiro atoms. The lowest BCUT2D eigenvalue weighted by Crippen LogP contribution is -2.13. The highest BCUT2D eigenvalue weighted by Gasteiger charge is 2.21. The maximum Gasteiger partial charge on any atom is 0.212 e. The van der Waals surface area contributed by atoms with Gasteiger partial charge in [0.15, 0.2) is 0 Å². The quantitative estimate of drug-likeness (QED) is 0.888. The van der Waals surface area contributed by atoms with Gasteiger partial charge in [0.1, 0.15) is 17.6 Å². The van der Waals surface area contributed by atoms with Gasteiger partial charge in [0, 0.05) is 42.9 Å². The SMILES string of the molecule is COc1ccc(CNCc2cc3c(cc2OC)C[C@@H](C)O3)cn1. The predicted molar refractivity (Wildman–Crippen MR) is 88.1 cm³/mol. The van der Waals surface area contributed by atoms with E-state index in [1.54, 1.807) is 14.2 Å². The van der Waals surface area contributed by atoms with Crippen molar-refractivity contribution in [2.75, 3.05) is 14.2 Å². The van der Waals surface area contributed by atoms with Crippen LogP contribution in [-0.4, -0.2) is 25.3 Å². The number of fused-ring (bicyclic) bond motifs is 1. The van der Waals surface area contributed by atoms with Gasteiger partial charge in [0.25, 0.3) is 0 Å².